The Morgan fingerprint density at radius 3 is 2.33 bits per heavy atom. The van der Waals surface area contributed by atoms with E-state index in [-0.39, 0.29) is 12.1 Å². The molecule has 0 aromatic carbocycles. The number of nitrogens with one attached hydrogen (secondary N) is 2. The Morgan fingerprint density at radius 1 is 1.17 bits per heavy atom. The SMILES string of the molecule is CC(C)NC(=O)NC1CCC2(CCOCC2)CC1. The molecule has 1 spiro atoms. The summed E-state index contributed by atoms with van der Waals surface area (Å²) in [6, 6.07) is 0.547. The molecule has 1 aliphatic heterocycles. The van der Waals surface area contributed by atoms with Crippen LogP contribution in [0.15, 0.2) is 0 Å². The Hall–Kier alpha value is -0.770. The average molecular weight is 254 g/mol. The smallest absolute Gasteiger partial charge is 0.315 e. The van der Waals surface area contributed by atoms with Crippen molar-refractivity contribution in [2.75, 3.05) is 13.2 Å². The predicted molar refractivity (Wildman–Crippen MR) is 71.5 cm³/mol. The molecule has 0 aromatic rings. The predicted octanol–water partition coefficient (Wildman–Crippen LogP) is 2.43. The molecule has 1 heterocycles. The van der Waals surface area contributed by atoms with Crippen LogP contribution < -0.4 is 10.6 Å². The minimum Gasteiger partial charge on any atom is -0.381 e. The molecule has 1 aliphatic carbocycles. The molecule has 2 N–H and O–H groups in total. The van der Waals surface area contributed by atoms with Gasteiger partial charge < -0.3 is 15.4 Å². The third kappa shape index (κ3) is 3.61. The van der Waals surface area contributed by atoms with Gasteiger partial charge in [-0.15, -0.1) is 0 Å². The fraction of sp³-hybridized carbons (Fsp3) is 0.929. The van der Waals surface area contributed by atoms with Crippen molar-refractivity contribution in [3.63, 3.8) is 0 Å². The second-order valence-electron chi connectivity index (χ2n) is 6.16. The van der Waals surface area contributed by atoms with Crippen LogP contribution in [0.25, 0.3) is 0 Å². The molecule has 0 bridgehead atoms. The van der Waals surface area contributed by atoms with Crippen LogP contribution in [0.3, 0.4) is 0 Å². The highest BCUT2D eigenvalue weighted by atomic mass is 16.5. The Balaban J connectivity index is 1.74. The molecule has 4 heteroatoms. The van der Waals surface area contributed by atoms with E-state index in [0.717, 1.165) is 26.1 Å². The summed E-state index contributed by atoms with van der Waals surface area (Å²) < 4.78 is 5.45. The molecule has 0 aromatic heterocycles. The molecule has 4 nitrogen and oxygen atoms in total. The van der Waals surface area contributed by atoms with Gasteiger partial charge in [0.1, 0.15) is 0 Å². The summed E-state index contributed by atoms with van der Waals surface area (Å²) in [6.07, 6.45) is 7.12. The monoisotopic (exact) mass is 254 g/mol. The van der Waals surface area contributed by atoms with Gasteiger partial charge in [-0.1, -0.05) is 0 Å². The van der Waals surface area contributed by atoms with Gasteiger partial charge in [0.25, 0.3) is 0 Å². The lowest BCUT2D eigenvalue weighted by Crippen LogP contribution is -2.47. The summed E-state index contributed by atoms with van der Waals surface area (Å²) >= 11 is 0. The fourth-order valence-corrected chi connectivity index (χ4v) is 3.17. The van der Waals surface area contributed by atoms with E-state index in [0.29, 0.717) is 11.5 Å². The van der Waals surface area contributed by atoms with E-state index in [1.54, 1.807) is 0 Å². The number of rotatable bonds is 2. The number of carbonyl (C=O) groups is 1. The maximum atomic E-state index is 11.6. The van der Waals surface area contributed by atoms with Gasteiger partial charge in [-0.05, 0) is 57.8 Å². The maximum absolute atomic E-state index is 11.6. The van der Waals surface area contributed by atoms with Gasteiger partial charge in [0.15, 0.2) is 0 Å². The maximum Gasteiger partial charge on any atom is 0.315 e. The van der Waals surface area contributed by atoms with Gasteiger partial charge in [-0.2, -0.15) is 0 Å². The number of ether oxygens (including phenoxy) is 1. The summed E-state index contributed by atoms with van der Waals surface area (Å²) in [6.45, 7) is 5.81. The Bertz CT molecular complexity index is 276. The number of carbonyl (C=O) groups excluding carboxylic acids is 1. The minimum absolute atomic E-state index is 0.0158. The molecule has 1 saturated heterocycles. The van der Waals surface area contributed by atoms with Crippen molar-refractivity contribution >= 4 is 6.03 Å². The summed E-state index contributed by atoms with van der Waals surface area (Å²) in [7, 11) is 0. The van der Waals surface area contributed by atoms with Gasteiger partial charge in [0.2, 0.25) is 0 Å². The Morgan fingerprint density at radius 2 is 1.78 bits per heavy atom. The quantitative estimate of drug-likeness (QED) is 0.795. The molecule has 2 fully saturated rings. The Labute approximate surface area is 110 Å². The number of amides is 2. The molecular formula is C14H26N2O2. The molecule has 104 valence electrons. The zero-order valence-corrected chi connectivity index (χ0v) is 11.6. The average Bonchev–Trinajstić information content (AvgIpc) is 2.33. The largest absolute Gasteiger partial charge is 0.381 e. The zero-order valence-electron chi connectivity index (χ0n) is 11.6. The standard InChI is InChI=1S/C14H26N2O2/c1-11(2)15-13(17)16-12-3-5-14(6-4-12)7-9-18-10-8-14/h11-12H,3-10H2,1-2H3,(H2,15,16,17). The van der Waals surface area contributed by atoms with Gasteiger partial charge in [0.05, 0.1) is 0 Å². The lowest BCUT2D eigenvalue weighted by Gasteiger charge is -2.42. The van der Waals surface area contributed by atoms with Gasteiger partial charge in [0, 0.05) is 25.3 Å². The van der Waals surface area contributed by atoms with Crippen LogP contribution in [-0.4, -0.2) is 31.3 Å². The van der Waals surface area contributed by atoms with E-state index in [4.69, 9.17) is 4.74 Å². The summed E-state index contributed by atoms with van der Waals surface area (Å²) in [5, 5.41) is 5.98. The fourth-order valence-electron chi connectivity index (χ4n) is 3.17. The van der Waals surface area contributed by atoms with E-state index in [1.807, 2.05) is 13.8 Å². The highest BCUT2D eigenvalue weighted by Crippen LogP contribution is 2.43. The lowest BCUT2D eigenvalue weighted by atomic mass is 9.68. The molecule has 0 radical (unpaired) electrons. The van der Waals surface area contributed by atoms with E-state index >= 15 is 0 Å². The van der Waals surface area contributed by atoms with Crippen molar-refractivity contribution < 1.29 is 9.53 Å². The molecule has 0 unspecified atom stereocenters. The van der Waals surface area contributed by atoms with Crippen LogP contribution in [0.4, 0.5) is 4.79 Å². The third-order valence-corrected chi connectivity index (χ3v) is 4.35. The third-order valence-electron chi connectivity index (χ3n) is 4.35. The van der Waals surface area contributed by atoms with Crippen LogP contribution in [0, 0.1) is 5.41 Å². The summed E-state index contributed by atoms with van der Waals surface area (Å²) in [5.41, 5.74) is 0.519. The number of hydrogen-bond donors (Lipinski definition) is 2. The van der Waals surface area contributed by atoms with E-state index in [9.17, 15) is 4.79 Å². The minimum atomic E-state index is -0.0158. The van der Waals surface area contributed by atoms with Crippen LogP contribution in [0.5, 0.6) is 0 Å². The first kappa shape index (κ1) is 13.7. The first-order valence-corrected chi connectivity index (χ1v) is 7.24. The van der Waals surface area contributed by atoms with Crippen LogP contribution in [-0.2, 0) is 4.74 Å². The second-order valence-corrected chi connectivity index (χ2v) is 6.16. The second kappa shape index (κ2) is 5.91. The first-order valence-electron chi connectivity index (χ1n) is 7.24. The molecule has 0 atom stereocenters. The van der Waals surface area contributed by atoms with Gasteiger partial charge in [-0.3, -0.25) is 0 Å². The number of urea groups is 1. The van der Waals surface area contributed by atoms with Crippen molar-refractivity contribution in [3.8, 4) is 0 Å². The van der Waals surface area contributed by atoms with Crippen LogP contribution in [0.2, 0.25) is 0 Å². The number of hydrogen-bond acceptors (Lipinski definition) is 2. The van der Waals surface area contributed by atoms with Crippen LogP contribution in [0.1, 0.15) is 52.4 Å². The van der Waals surface area contributed by atoms with E-state index in [1.165, 1.54) is 25.7 Å². The molecule has 2 aliphatic rings. The van der Waals surface area contributed by atoms with Crippen molar-refractivity contribution in [1.29, 1.82) is 0 Å². The zero-order chi connectivity index (χ0) is 13.0. The first-order chi connectivity index (χ1) is 8.60. The summed E-state index contributed by atoms with van der Waals surface area (Å²) in [5.74, 6) is 0. The molecular weight excluding hydrogens is 228 g/mol. The van der Waals surface area contributed by atoms with Gasteiger partial charge in [-0.25, -0.2) is 4.79 Å². The van der Waals surface area contributed by atoms with Gasteiger partial charge >= 0.3 is 6.03 Å². The van der Waals surface area contributed by atoms with E-state index in [2.05, 4.69) is 10.6 Å². The Kier molecular flexibility index (Phi) is 4.49. The van der Waals surface area contributed by atoms with Crippen molar-refractivity contribution in [2.24, 2.45) is 5.41 Å². The van der Waals surface area contributed by atoms with E-state index < -0.39 is 0 Å². The lowest BCUT2D eigenvalue weighted by molar-refractivity contribution is -0.00861. The highest BCUT2D eigenvalue weighted by Gasteiger charge is 2.36. The molecule has 2 amide bonds. The molecule has 1 saturated carbocycles. The normalized spacial score (nSPS) is 24.2. The van der Waals surface area contributed by atoms with Crippen molar-refractivity contribution in [2.45, 2.75) is 64.5 Å². The topological polar surface area (TPSA) is 50.4 Å². The highest BCUT2D eigenvalue weighted by molar-refractivity contribution is 5.74. The molecule has 18 heavy (non-hydrogen) atoms. The molecule has 2 rings (SSSR count). The van der Waals surface area contributed by atoms with Crippen LogP contribution >= 0.6 is 0 Å². The van der Waals surface area contributed by atoms with Crippen molar-refractivity contribution in [3.05, 3.63) is 0 Å². The summed E-state index contributed by atoms with van der Waals surface area (Å²) in [4.78, 5) is 11.6. The van der Waals surface area contributed by atoms with Crippen molar-refractivity contribution in [1.82, 2.24) is 10.6 Å².